The largest absolute Gasteiger partial charge is 0.412 e. The van der Waals surface area contributed by atoms with Crippen LogP contribution in [-0.2, 0) is 13.1 Å². The van der Waals surface area contributed by atoms with Gasteiger partial charge in [-0.15, -0.1) is 0 Å². The van der Waals surface area contributed by atoms with Gasteiger partial charge in [0, 0.05) is 36.9 Å². The van der Waals surface area contributed by atoms with Gasteiger partial charge in [0.15, 0.2) is 0 Å². The first-order chi connectivity index (χ1) is 12.1. The van der Waals surface area contributed by atoms with Gasteiger partial charge in [-0.3, -0.25) is 0 Å². The van der Waals surface area contributed by atoms with Gasteiger partial charge in [-0.05, 0) is 48.8 Å². The minimum absolute atomic E-state index is 0.391. The molecule has 1 N–H and O–H groups in total. The minimum atomic E-state index is -0.391. The molecule has 0 fully saturated rings. The average molecular weight is 335 g/mol. The van der Waals surface area contributed by atoms with Crippen LogP contribution >= 0.6 is 0 Å². The van der Waals surface area contributed by atoms with Crippen LogP contribution in [0, 0.1) is 0 Å². The summed E-state index contributed by atoms with van der Waals surface area (Å²) in [6.45, 7) is 2.46. The quantitative estimate of drug-likeness (QED) is 0.794. The molecular formula is C20H21N3O2. The van der Waals surface area contributed by atoms with E-state index in [0.717, 1.165) is 29.8 Å². The SMILES string of the molecule is CN(C)CCn1ccc2ccc(-c3ccc4c(c3)OC(=O)NC4)cc21. The topological polar surface area (TPSA) is 46.5 Å². The van der Waals surface area contributed by atoms with Gasteiger partial charge < -0.3 is 19.5 Å². The first-order valence-corrected chi connectivity index (χ1v) is 8.43. The van der Waals surface area contributed by atoms with Crippen molar-refractivity contribution in [1.82, 2.24) is 14.8 Å². The molecule has 1 aliphatic heterocycles. The Kier molecular flexibility index (Phi) is 3.93. The molecule has 1 aliphatic rings. The van der Waals surface area contributed by atoms with Crippen molar-refractivity contribution in [1.29, 1.82) is 0 Å². The Balaban J connectivity index is 1.70. The Morgan fingerprint density at radius 3 is 2.76 bits per heavy atom. The Labute approximate surface area is 146 Å². The highest BCUT2D eigenvalue weighted by Gasteiger charge is 2.16. The number of rotatable bonds is 4. The predicted octanol–water partition coefficient (Wildman–Crippen LogP) is 3.47. The number of benzene rings is 2. The van der Waals surface area contributed by atoms with Crippen molar-refractivity contribution in [3.8, 4) is 16.9 Å². The number of likely N-dealkylation sites (N-methyl/N-ethyl adjacent to an activating group) is 1. The summed E-state index contributed by atoms with van der Waals surface area (Å²) >= 11 is 0. The maximum absolute atomic E-state index is 11.4. The maximum Gasteiger partial charge on any atom is 0.412 e. The summed E-state index contributed by atoms with van der Waals surface area (Å²) in [5.74, 6) is 0.643. The number of aromatic nitrogens is 1. The molecule has 0 unspecified atom stereocenters. The van der Waals surface area contributed by atoms with Crippen LogP contribution in [-0.4, -0.2) is 36.2 Å². The highest BCUT2D eigenvalue weighted by atomic mass is 16.6. The highest BCUT2D eigenvalue weighted by molar-refractivity contribution is 5.86. The van der Waals surface area contributed by atoms with Crippen molar-refractivity contribution in [2.24, 2.45) is 0 Å². The molecule has 2 aromatic carbocycles. The molecule has 5 heteroatoms. The predicted molar refractivity (Wildman–Crippen MR) is 98.8 cm³/mol. The second-order valence-electron chi connectivity index (χ2n) is 6.65. The van der Waals surface area contributed by atoms with Crippen molar-refractivity contribution >= 4 is 17.0 Å². The van der Waals surface area contributed by atoms with Gasteiger partial charge in [0.25, 0.3) is 0 Å². The number of nitrogens with one attached hydrogen (secondary N) is 1. The number of hydrogen-bond acceptors (Lipinski definition) is 3. The Morgan fingerprint density at radius 2 is 1.92 bits per heavy atom. The molecule has 4 rings (SSSR count). The van der Waals surface area contributed by atoms with E-state index in [1.54, 1.807) is 0 Å². The molecule has 128 valence electrons. The van der Waals surface area contributed by atoms with Gasteiger partial charge in [-0.2, -0.15) is 0 Å². The van der Waals surface area contributed by atoms with Gasteiger partial charge in [-0.1, -0.05) is 24.3 Å². The second-order valence-corrected chi connectivity index (χ2v) is 6.65. The van der Waals surface area contributed by atoms with Crippen LogP contribution in [0.25, 0.3) is 22.0 Å². The molecular weight excluding hydrogens is 314 g/mol. The van der Waals surface area contributed by atoms with Gasteiger partial charge in [0.1, 0.15) is 5.75 Å². The Hall–Kier alpha value is -2.79. The molecule has 0 atom stereocenters. The van der Waals surface area contributed by atoms with E-state index in [1.807, 2.05) is 12.1 Å². The normalized spacial score (nSPS) is 13.6. The number of ether oxygens (including phenoxy) is 1. The summed E-state index contributed by atoms with van der Waals surface area (Å²) in [5, 5.41) is 3.91. The summed E-state index contributed by atoms with van der Waals surface area (Å²) in [5.41, 5.74) is 4.39. The molecule has 0 aliphatic carbocycles. The standard InChI is InChI=1S/C20H21N3O2/c1-22(2)9-10-23-8-7-14-3-4-15(11-18(14)23)16-5-6-17-13-21-20(24)25-19(17)12-16/h3-8,11-12H,9-10,13H2,1-2H3,(H,21,24). The van der Waals surface area contributed by atoms with E-state index < -0.39 is 6.09 Å². The fourth-order valence-corrected chi connectivity index (χ4v) is 3.14. The van der Waals surface area contributed by atoms with Crippen molar-refractivity contribution in [3.63, 3.8) is 0 Å². The molecule has 25 heavy (non-hydrogen) atoms. The lowest BCUT2D eigenvalue weighted by Crippen LogP contribution is -2.31. The molecule has 1 amide bonds. The molecule has 0 saturated carbocycles. The van der Waals surface area contributed by atoms with Crippen LogP contribution < -0.4 is 10.1 Å². The molecule has 0 spiro atoms. The van der Waals surface area contributed by atoms with Gasteiger partial charge in [-0.25, -0.2) is 4.79 Å². The van der Waals surface area contributed by atoms with Gasteiger partial charge in [0.2, 0.25) is 0 Å². The molecule has 5 nitrogen and oxygen atoms in total. The number of nitrogens with zero attached hydrogens (tertiary/aromatic N) is 2. The van der Waals surface area contributed by atoms with E-state index in [0.29, 0.717) is 12.3 Å². The zero-order valence-corrected chi connectivity index (χ0v) is 14.5. The summed E-state index contributed by atoms with van der Waals surface area (Å²) in [6.07, 6.45) is 1.75. The van der Waals surface area contributed by atoms with Crippen molar-refractivity contribution < 1.29 is 9.53 Å². The Morgan fingerprint density at radius 1 is 1.12 bits per heavy atom. The third kappa shape index (κ3) is 3.10. The van der Waals surface area contributed by atoms with Crippen LogP contribution in [0.15, 0.2) is 48.7 Å². The van der Waals surface area contributed by atoms with Gasteiger partial charge >= 0.3 is 6.09 Å². The summed E-state index contributed by atoms with van der Waals surface area (Å²) in [6, 6.07) is 14.6. The summed E-state index contributed by atoms with van der Waals surface area (Å²) in [4.78, 5) is 13.6. The van der Waals surface area contributed by atoms with Crippen LogP contribution in [0.2, 0.25) is 0 Å². The number of amides is 1. The first-order valence-electron chi connectivity index (χ1n) is 8.43. The zero-order valence-electron chi connectivity index (χ0n) is 14.5. The lowest BCUT2D eigenvalue weighted by atomic mass is 10.0. The maximum atomic E-state index is 11.4. The van der Waals surface area contributed by atoms with Crippen LogP contribution in [0.1, 0.15) is 5.56 Å². The molecule has 0 bridgehead atoms. The number of carbonyl (C=O) groups excluding carboxylic acids is 1. The van der Waals surface area contributed by atoms with Crippen molar-refractivity contribution in [2.45, 2.75) is 13.1 Å². The minimum Gasteiger partial charge on any atom is -0.410 e. The summed E-state index contributed by atoms with van der Waals surface area (Å²) < 4.78 is 7.57. The molecule has 1 aromatic heterocycles. The van der Waals surface area contributed by atoms with Crippen molar-refractivity contribution in [3.05, 3.63) is 54.2 Å². The number of carbonyl (C=O) groups is 1. The fourth-order valence-electron chi connectivity index (χ4n) is 3.14. The number of fused-ring (bicyclic) bond motifs is 2. The first kappa shape index (κ1) is 15.7. The number of hydrogen-bond donors (Lipinski definition) is 1. The van der Waals surface area contributed by atoms with Crippen LogP contribution in [0.3, 0.4) is 0 Å². The third-order valence-electron chi connectivity index (χ3n) is 4.59. The molecule has 3 aromatic rings. The van der Waals surface area contributed by atoms with Gasteiger partial charge in [0.05, 0.1) is 0 Å². The monoisotopic (exact) mass is 335 g/mol. The lowest BCUT2D eigenvalue weighted by molar-refractivity contribution is 0.194. The molecule has 0 radical (unpaired) electrons. The summed E-state index contributed by atoms with van der Waals surface area (Å²) in [7, 11) is 4.17. The van der Waals surface area contributed by atoms with E-state index in [4.69, 9.17) is 4.74 Å². The van der Waals surface area contributed by atoms with E-state index >= 15 is 0 Å². The third-order valence-corrected chi connectivity index (χ3v) is 4.59. The fraction of sp³-hybridized carbons (Fsp3) is 0.250. The van der Waals surface area contributed by atoms with E-state index in [-0.39, 0.29) is 0 Å². The van der Waals surface area contributed by atoms with Crippen molar-refractivity contribution in [2.75, 3.05) is 20.6 Å². The van der Waals surface area contributed by atoms with E-state index in [1.165, 1.54) is 10.9 Å². The second kappa shape index (κ2) is 6.26. The van der Waals surface area contributed by atoms with Crippen LogP contribution in [0.5, 0.6) is 5.75 Å². The zero-order chi connectivity index (χ0) is 17.4. The van der Waals surface area contributed by atoms with Crippen LogP contribution in [0.4, 0.5) is 4.79 Å². The van der Waals surface area contributed by atoms with E-state index in [9.17, 15) is 4.79 Å². The lowest BCUT2D eigenvalue weighted by Gasteiger charge is -2.17. The molecule has 2 heterocycles. The van der Waals surface area contributed by atoms with E-state index in [2.05, 4.69) is 65.4 Å². The molecule has 0 saturated heterocycles. The Bertz CT molecular complexity index is 943. The highest BCUT2D eigenvalue weighted by Crippen LogP contribution is 2.31. The average Bonchev–Trinajstić information content (AvgIpc) is 3.01. The smallest absolute Gasteiger partial charge is 0.410 e.